The van der Waals surface area contributed by atoms with Gasteiger partial charge in [-0.1, -0.05) is 11.6 Å². The summed E-state index contributed by atoms with van der Waals surface area (Å²) in [6, 6.07) is 3.73. The molecule has 0 amide bonds. The Morgan fingerprint density at radius 3 is 2.67 bits per heavy atom. The lowest BCUT2D eigenvalue weighted by Crippen LogP contribution is -2.06. The van der Waals surface area contributed by atoms with Gasteiger partial charge < -0.3 is 5.73 Å². The third-order valence-electron chi connectivity index (χ3n) is 2.46. The van der Waals surface area contributed by atoms with Crippen molar-refractivity contribution in [3.05, 3.63) is 46.5 Å². The molecule has 0 bridgehead atoms. The largest absolute Gasteiger partial charge is 0.326 e. The smallest absolute Gasteiger partial charge is 0.280 e. The number of aromatic nitrogens is 2. The second-order valence-corrected chi connectivity index (χ2v) is 3.98. The molecule has 0 aliphatic carbocycles. The minimum atomic E-state index is -2.75. The lowest BCUT2D eigenvalue weighted by atomic mass is 10.2. The van der Waals surface area contributed by atoms with Crippen molar-refractivity contribution in [1.29, 1.82) is 0 Å². The van der Waals surface area contributed by atoms with Crippen LogP contribution in [0.5, 0.6) is 0 Å². The van der Waals surface area contributed by atoms with E-state index in [1.165, 1.54) is 18.3 Å². The van der Waals surface area contributed by atoms with Crippen LogP contribution in [0.25, 0.3) is 5.69 Å². The molecule has 7 heteroatoms. The number of nitrogens with two attached hydrogens (primary N) is 1. The Labute approximate surface area is 106 Å². The van der Waals surface area contributed by atoms with Gasteiger partial charge in [0.25, 0.3) is 6.43 Å². The molecule has 0 fully saturated rings. The monoisotopic (exact) mass is 275 g/mol. The van der Waals surface area contributed by atoms with Crippen molar-refractivity contribution in [1.82, 2.24) is 9.78 Å². The van der Waals surface area contributed by atoms with E-state index >= 15 is 0 Å². The van der Waals surface area contributed by atoms with Crippen molar-refractivity contribution in [3.63, 3.8) is 0 Å². The van der Waals surface area contributed by atoms with E-state index in [4.69, 9.17) is 17.3 Å². The molecule has 2 aromatic rings. The molecular formula is C11H9ClF3N3. The third kappa shape index (κ3) is 2.21. The fourth-order valence-electron chi connectivity index (χ4n) is 1.60. The topological polar surface area (TPSA) is 43.8 Å². The molecular weight excluding hydrogens is 267 g/mol. The highest BCUT2D eigenvalue weighted by Crippen LogP contribution is 2.26. The summed E-state index contributed by atoms with van der Waals surface area (Å²) >= 11 is 5.53. The van der Waals surface area contributed by atoms with Crippen molar-refractivity contribution in [2.24, 2.45) is 5.73 Å². The van der Waals surface area contributed by atoms with Gasteiger partial charge in [0.15, 0.2) is 0 Å². The summed E-state index contributed by atoms with van der Waals surface area (Å²) < 4.78 is 40.1. The summed E-state index contributed by atoms with van der Waals surface area (Å²) in [5, 5.41) is 3.72. The molecule has 2 rings (SSSR count). The summed E-state index contributed by atoms with van der Waals surface area (Å²) in [5.74, 6) is -0.695. The van der Waals surface area contributed by atoms with E-state index < -0.39 is 12.2 Å². The molecule has 3 nitrogen and oxygen atoms in total. The SMILES string of the molecule is NCc1cnn(-c2ccc(Cl)c(F)c2)c1C(F)F. The van der Waals surface area contributed by atoms with Crippen LogP contribution in [0, 0.1) is 5.82 Å². The molecule has 0 atom stereocenters. The molecule has 0 saturated heterocycles. The van der Waals surface area contributed by atoms with Crippen molar-refractivity contribution in [2.75, 3.05) is 0 Å². The summed E-state index contributed by atoms with van der Waals surface area (Å²) in [6.07, 6.45) is -1.50. The maximum atomic E-state index is 13.3. The maximum Gasteiger partial charge on any atom is 0.280 e. The summed E-state index contributed by atoms with van der Waals surface area (Å²) in [7, 11) is 0. The average Bonchev–Trinajstić information content (AvgIpc) is 2.76. The number of alkyl halides is 2. The molecule has 1 heterocycles. The first kappa shape index (κ1) is 12.9. The van der Waals surface area contributed by atoms with Gasteiger partial charge in [0, 0.05) is 18.2 Å². The predicted octanol–water partition coefficient (Wildman–Crippen LogP) is 3.06. The fraction of sp³-hybridized carbons (Fsp3) is 0.182. The Morgan fingerprint density at radius 2 is 2.11 bits per heavy atom. The first-order valence-electron chi connectivity index (χ1n) is 5.05. The van der Waals surface area contributed by atoms with Crippen molar-refractivity contribution >= 4 is 11.6 Å². The second-order valence-electron chi connectivity index (χ2n) is 3.57. The van der Waals surface area contributed by atoms with Gasteiger partial charge in [-0.15, -0.1) is 0 Å². The molecule has 0 spiro atoms. The van der Waals surface area contributed by atoms with Gasteiger partial charge in [-0.3, -0.25) is 0 Å². The molecule has 0 aliphatic heterocycles. The number of nitrogens with zero attached hydrogens (tertiary/aromatic N) is 2. The number of hydrogen-bond acceptors (Lipinski definition) is 2. The average molecular weight is 276 g/mol. The zero-order valence-corrected chi connectivity index (χ0v) is 9.83. The fourth-order valence-corrected chi connectivity index (χ4v) is 1.72. The minimum Gasteiger partial charge on any atom is -0.326 e. The van der Waals surface area contributed by atoms with Crippen LogP contribution in [0.1, 0.15) is 17.7 Å². The van der Waals surface area contributed by atoms with Crippen LogP contribution < -0.4 is 5.73 Å². The van der Waals surface area contributed by atoms with Crippen LogP contribution in [0.2, 0.25) is 5.02 Å². The molecule has 0 aliphatic rings. The molecule has 0 saturated carbocycles. The number of rotatable bonds is 3. The molecule has 1 aromatic carbocycles. The van der Waals surface area contributed by atoms with Gasteiger partial charge >= 0.3 is 0 Å². The summed E-state index contributed by atoms with van der Waals surface area (Å²) in [5.41, 5.74) is 5.41. The molecule has 96 valence electrons. The highest BCUT2D eigenvalue weighted by atomic mass is 35.5. The normalized spacial score (nSPS) is 11.2. The highest BCUT2D eigenvalue weighted by molar-refractivity contribution is 6.30. The van der Waals surface area contributed by atoms with E-state index in [-0.39, 0.29) is 28.5 Å². The zero-order valence-electron chi connectivity index (χ0n) is 9.08. The Morgan fingerprint density at radius 1 is 1.39 bits per heavy atom. The number of benzene rings is 1. The summed E-state index contributed by atoms with van der Waals surface area (Å²) in [6.45, 7) is -0.0598. The van der Waals surface area contributed by atoms with Gasteiger partial charge in [-0.2, -0.15) is 5.10 Å². The first-order valence-corrected chi connectivity index (χ1v) is 5.42. The van der Waals surface area contributed by atoms with E-state index in [1.54, 1.807) is 0 Å². The second kappa shape index (κ2) is 4.99. The van der Waals surface area contributed by atoms with Gasteiger partial charge in [-0.05, 0) is 12.1 Å². The molecule has 1 aromatic heterocycles. The van der Waals surface area contributed by atoms with Crippen LogP contribution in [-0.2, 0) is 6.54 Å². The van der Waals surface area contributed by atoms with E-state index in [0.29, 0.717) is 0 Å². The summed E-state index contributed by atoms with van der Waals surface area (Å²) in [4.78, 5) is 0. The van der Waals surface area contributed by atoms with Crippen molar-refractivity contribution < 1.29 is 13.2 Å². The van der Waals surface area contributed by atoms with Crippen LogP contribution in [0.4, 0.5) is 13.2 Å². The van der Waals surface area contributed by atoms with E-state index in [1.807, 2.05) is 0 Å². The minimum absolute atomic E-state index is 0.0598. The molecule has 0 radical (unpaired) electrons. The Bertz CT molecular complexity index is 569. The molecule has 18 heavy (non-hydrogen) atoms. The van der Waals surface area contributed by atoms with Crippen LogP contribution in [0.3, 0.4) is 0 Å². The number of halogens is 4. The maximum absolute atomic E-state index is 13.3. The predicted molar refractivity (Wildman–Crippen MR) is 61.4 cm³/mol. The van der Waals surface area contributed by atoms with E-state index in [2.05, 4.69) is 5.10 Å². The Kier molecular flexibility index (Phi) is 3.58. The Hall–Kier alpha value is -1.53. The lowest BCUT2D eigenvalue weighted by molar-refractivity contribution is 0.141. The van der Waals surface area contributed by atoms with E-state index in [9.17, 15) is 13.2 Å². The zero-order chi connectivity index (χ0) is 13.3. The van der Waals surface area contributed by atoms with E-state index in [0.717, 1.165) is 10.7 Å². The van der Waals surface area contributed by atoms with Crippen LogP contribution in [-0.4, -0.2) is 9.78 Å². The molecule has 0 unspecified atom stereocenters. The molecule has 2 N–H and O–H groups in total. The van der Waals surface area contributed by atoms with Gasteiger partial charge in [0.2, 0.25) is 0 Å². The highest BCUT2D eigenvalue weighted by Gasteiger charge is 2.20. The Balaban J connectivity index is 2.56. The van der Waals surface area contributed by atoms with Crippen LogP contribution >= 0.6 is 11.6 Å². The first-order chi connectivity index (χ1) is 8.54. The van der Waals surface area contributed by atoms with Gasteiger partial charge in [0.05, 0.1) is 16.9 Å². The number of hydrogen-bond donors (Lipinski definition) is 1. The third-order valence-corrected chi connectivity index (χ3v) is 2.77. The lowest BCUT2D eigenvalue weighted by Gasteiger charge is -2.08. The standard InChI is InChI=1S/C11H9ClF3N3/c12-8-2-1-7(3-9(8)13)18-10(11(14)15)6(4-16)5-17-18/h1-3,5,11H,4,16H2. The van der Waals surface area contributed by atoms with Crippen LogP contribution in [0.15, 0.2) is 24.4 Å². The van der Waals surface area contributed by atoms with Crippen molar-refractivity contribution in [3.8, 4) is 5.69 Å². The van der Waals surface area contributed by atoms with Gasteiger partial charge in [-0.25, -0.2) is 17.9 Å². The quantitative estimate of drug-likeness (QED) is 0.935. The van der Waals surface area contributed by atoms with Gasteiger partial charge in [0.1, 0.15) is 11.5 Å². The van der Waals surface area contributed by atoms with Crippen molar-refractivity contribution in [2.45, 2.75) is 13.0 Å².